The summed E-state index contributed by atoms with van der Waals surface area (Å²) in [5.41, 5.74) is 0.868. The van der Waals surface area contributed by atoms with Crippen LogP contribution in [0.3, 0.4) is 0 Å². The molecule has 230 valence electrons. The number of ether oxygens (including phenoxy) is 3. The van der Waals surface area contributed by atoms with Crippen LogP contribution in [0.25, 0.3) is 0 Å². The second-order valence-electron chi connectivity index (χ2n) is 16.6. The van der Waals surface area contributed by atoms with Gasteiger partial charge in [-0.15, -0.1) is 0 Å². The molecule has 4 saturated carbocycles. The van der Waals surface area contributed by atoms with Crippen molar-refractivity contribution < 1.29 is 28.6 Å². The molecular formula is C35H54O6. The first-order chi connectivity index (χ1) is 18.9. The van der Waals surface area contributed by atoms with E-state index in [0.29, 0.717) is 18.3 Å². The quantitative estimate of drug-likeness (QED) is 0.199. The summed E-state index contributed by atoms with van der Waals surface area (Å²) in [6.45, 7) is 19.5. The highest BCUT2D eigenvalue weighted by molar-refractivity contribution is 5.78. The predicted molar refractivity (Wildman–Crippen MR) is 158 cm³/mol. The van der Waals surface area contributed by atoms with Gasteiger partial charge in [0.25, 0.3) is 0 Å². The van der Waals surface area contributed by atoms with Crippen molar-refractivity contribution in [1.82, 2.24) is 0 Å². The van der Waals surface area contributed by atoms with Crippen molar-refractivity contribution in [1.29, 1.82) is 0 Å². The predicted octanol–water partition coefficient (Wildman–Crippen LogP) is 7.43. The smallest absolute Gasteiger partial charge is 0.312 e. The van der Waals surface area contributed by atoms with E-state index >= 15 is 0 Å². The average molecular weight is 571 g/mol. The van der Waals surface area contributed by atoms with Crippen LogP contribution in [0.2, 0.25) is 0 Å². The summed E-state index contributed by atoms with van der Waals surface area (Å²) >= 11 is 0. The zero-order chi connectivity index (χ0) is 30.4. The molecule has 0 bridgehead atoms. The fourth-order valence-electron chi connectivity index (χ4n) is 11.6. The lowest BCUT2D eigenvalue weighted by atomic mass is 9.33. The Morgan fingerprint density at radius 3 is 2.05 bits per heavy atom. The highest BCUT2D eigenvalue weighted by Crippen LogP contribution is 2.76. The first kappa shape index (κ1) is 30.6. The van der Waals surface area contributed by atoms with E-state index in [9.17, 15) is 14.4 Å². The Morgan fingerprint density at radius 2 is 1.44 bits per heavy atom. The van der Waals surface area contributed by atoms with Crippen LogP contribution < -0.4 is 0 Å². The molecule has 0 unspecified atom stereocenters. The first-order valence-corrected chi connectivity index (χ1v) is 16.0. The first-order valence-electron chi connectivity index (χ1n) is 16.0. The summed E-state index contributed by atoms with van der Waals surface area (Å²) in [5, 5.41) is 0. The Morgan fingerprint density at radius 1 is 0.805 bits per heavy atom. The second-order valence-corrected chi connectivity index (χ2v) is 16.6. The molecule has 0 spiro atoms. The van der Waals surface area contributed by atoms with Gasteiger partial charge in [0.05, 0.1) is 12.5 Å². The van der Waals surface area contributed by atoms with Crippen LogP contribution in [-0.4, -0.2) is 37.2 Å². The number of carbonyl (C=O) groups is 3. The fraction of sp³-hybridized carbons (Fsp3) is 0.857. The number of fused-ring (bicyclic) bond motifs is 7. The van der Waals surface area contributed by atoms with Crippen LogP contribution in [0, 0.1) is 50.2 Å². The third-order valence-electron chi connectivity index (χ3n) is 13.7. The van der Waals surface area contributed by atoms with Gasteiger partial charge in [-0.25, -0.2) is 0 Å². The van der Waals surface area contributed by atoms with E-state index in [1.165, 1.54) is 19.4 Å². The normalized spacial score (nSPS) is 45.9. The van der Waals surface area contributed by atoms with Crippen molar-refractivity contribution in [3.63, 3.8) is 0 Å². The summed E-state index contributed by atoms with van der Waals surface area (Å²) in [6.07, 6.45) is 10.3. The van der Waals surface area contributed by atoms with Gasteiger partial charge >= 0.3 is 17.9 Å². The van der Waals surface area contributed by atoms with Crippen LogP contribution in [0.5, 0.6) is 0 Å². The molecule has 0 aromatic heterocycles. The second kappa shape index (κ2) is 9.58. The van der Waals surface area contributed by atoms with E-state index < -0.39 is 17.6 Å². The lowest BCUT2D eigenvalue weighted by Crippen LogP contribution is -2.67. The van der Waals surface area contributed by atoms with Crippen molar-refractivity contribution in [2.24, 2.45) is 50.2 Å². The van der Waals surface area contributed by atoms with E-state index in [1.807, 2.05) is 0 Å². The van der Waals surface area contributed by atoms with Gasteiger partial charge in [-0.05, 0) is 97.2 Å². The van der Waals surface area contributed by atoms with E-state index in [0.717, 1.165) is 51.4 Å². The lowest BCUT2D eigenvalue weighted by Gasteiger charge is -2.71. The molecule has 5 rings (SSSR count). The molecule has 0 aromatic rings. The minimum atomic E-state index is -0.467. The highest BCUT2D eigenvalue weighted by Gasteiger charge is 2.71. The fourth-order valence-corrected chi connectivity index (χ4v) is 11.6. The van der Waals surface area contributed by atoms with E-state index in [1.54, 1.807) is 7.11 Å². The molecule has 0 amide bonds. The molecule has 0 aromatic carbocycles. The number of esters is 3. The molecule has 0 saturated heterocycles. The van der Waals surface area contributed by atoms with Gasteiger partial charge in [0.2, 0.25) is 0 Å². The van der Waals surface area contributed by atoms with Crippen LogP contribution in [-0.2, 0) is 28.6 Å². The number of hydrogen-bond donors (Lipinski definition) is 0. The Balaban J connectivity index is 1.59. The van der Waals surface area contributed by atoms with E-state index in [-0.39, 0.29) is 50.9 Å². The summed E-state index contributed by atoms with van der Waals surface area (Å²) < 4.78 is 17.4. The van der Waals surface area contributed by atoms with Gasteiger partial charge in [-0.3, -0.25) is 14.4 Å². The zero-order valence-corrected chi connectivity index (χ0v) is 27.3. The third-order valence-corrected chi connectivity index (χ3v) is 13.7. The van der Waals surface area contributed by atoms with Crippen molar-refractivity contribution in [3.05, 3.63) is 11.6 Å². The van der Waals surface area contributed by atoms with Crippen molar-refractivity contribution >= 4 is 17.9 Å². The van der Waals surface area contributed by atoms with Gasteiger partial charge in [0.1, 0.15) is 12.2 Å². The summed E-state index contributed by atoms with van der Waals surface area (Å²) in [5.74, 6) is 0.264. The van der Waals surface area contributed by atoms with Gasteiger partial charge in [-0.1, -0.05) is 60.1 Å². The zero-order valence-electron chi connectivity index (χ0n) is 27.3. The van der Waals surface area contributed by atoms with Crippen molar-refractivity contribution in [3.8, 4) is 0 Å². The van der Waals surface area contributed by atoms with Gasteiger partial charge < -0.3 is 14.2 Å². The number of allylic oxidation sites excluding steroid dienone is 2. The Kier molecular flexibility index (Phi) is 7.15. The van der Waals surface area contributed by atoms with Gasteiger partial charge in [0, 0.05) is 19.3 Å². The molecule has 0 N–H and O–H groups in total. The third kappa shape index (κ3) is 4.26. The molecule has 41 heavy (non-hydrogen) atoms. The monoisotopic (exact) mass is 570 g/mol. The number of carbonyl (C=O) groups excluding carboxylic acids is 3. The standard InChI is InChI=1S/C35H54O6/c1-21(36)40-25-20-32(7)26(31(5,6)28(25)41-22(2)37)13-14-34(9)27(32)12-11-23-24-19-30(3,4)15-17-35(24,29(38)39-10)18-16-33(23,34)8/h11,24-28H,12-20H2,1-10H3/t24-,25+,26-,27-,28+,32-,33+,34+,35-/m0/s1. The molecule has 0 radical (unpaired) electrons. The molecular weight excluding hydrogens is 516 g/mol. The van der Waals surface area contributed by atoms with E-state index in [4.69, 9.17) is 14.2 Å². The Hall–Kier alpha value is -1.85. The SMILES string of the molecule is COC(=O)[C@]12CCC(C)(C)C[C@H]1C1=CC[C@H]3[C@@]4(C)C[C@@H](OC(C)=O)[C@@H](OC(C)=O)C(C)(C)[C@@H]4CC[C@@]3(C)[C@]1(C)CC2. The largest absolute Gasteiger partial charge is 0.469 e. The van der Waals surface area contributed by atoms with Crippen molar-refractivity contribution in [2.45, 2.75) is 132 Å². The van der Waals surface area contributed by atoms with Crippen LogP contribution in [0.15, 0.2) is 11.6 Å². The highest BCUT2D eigenvalue weighted by atomic mass is 16.6. The summed E-state index contributed by atoms with van der Waals surface area (Å²) in [4.78, 5) is 38.0. The molecule has 9 atom stereocenters. The number of hydrogen-bond acceptors (Lipinski definition) is 6. The van der Waals surface area contributed by atoms with Crippen LogP contribution in [0.4, 0.5) is 0 Å². The Bertz CT molecular complexity index is 1150. The lowest BCUT2D eigenvalue weighted by molar-refractivity contribution is -0.244. The number of methoxy groups -OCH3 is 1. The molecule has 0 aliphatic heterocycles. The van der Waals surface area contributed by atoms with Crippen LogP contribution >= 0.6 is 0 Å². The molecule has 6 nitrogen and oxygen atoms in total. The van der Waals surface area contributed by atoms with Crippen molar-refractivity contribution in [2.75, 3.05) is 7.11 Å². The average Bonchev–Trinajstić information content (AvgIpc) is 2.85. The topological polar surface area (TPSA) is 78.9 Å². The maximum absolute atomic E-state index is 13.5. The maximum Gasteiger partial charge on any atom is 0.312 e. The van der Waals surface area contributed by atoms with E-state index in [2.05, 4.69) is 54.5 Å². The number of rotatable bonds is 3. The molecule has 6 heteroatoms. The summed E-state index contributed by atoms with van der Waals surface area (Å²) in [6, 6.07) is 0. The Labute approximate surface area is 247 Å². The maximum atomic E-state index is 13.5. The minimum absolute atomic E-state index is 0.0151. The molecule has 0 heterocycles. The molecule has 5 aliphatic rings. The minimum Gasteiger partial charge on any atom is -0.469 e. The summed E-state index contributed by atoms with van der Waals surface area (Å²) in [7, 11) is 1.56. The molecule has 5 aliphatic carbocycles. The van der Waals surface area contributed by atoms with Crippen LogP contribution in [0.1, 0.15) is 120 Å². The molecule has 4 fully saturated rings. The van der Waals surface area contributed by atoms with Gasteiger partial charge in [0.15, 0.2) is 0 Å². The van der Waals surface area contributed by atoms with Gasteiger partial charge in [-0.2, -0.15) is 0 Å².